The number of hydrogen-bond donors (Lipinski definition) is 1. The summed E-state index contributed by atoms with van der Waals surface area (Å²) in [5.74, 6) is -4.46. The van der Waals surface area contributed by atoms with E-state index < -0.39 is 17.7 Å². The number of anilines is 1. The maximum absolute atomic E-state index is 14.3. The number of piperidine rings is 1. The molecule has 3 rings (SSSR count). The molecule has 1 aliphatic heterocycles. The Kier molecular flexibility index (Phi) is 3.97. The number of pyridine rings is 1. The Bertz CT molecular complexity index is 741. The minimum Gasteiger partial charge on any atom is -0.476 e. The van der Waals surface area contributed by atoms with Gasteiger partial charge in [-0.1, -0.05) is 0 Å². The first-order valence-electron chi connectivity index (χ1n) is 6.84. The van der Waals surface area contributed by atoms with Gasteiger partial charge in [0.25, 0.3) is 5.92 Å². The van der Waals surface area contributed by atoms with Gasteiger partial charge in [0.15, 0.2) is 17.3 Å². The molecule has 0 spiro atoms. The van der Waals surface area contributed by atoms with E-state index in [1.54, 1.807) is 0 Å². The molecule has 2 aromatic heterocycles. The summed E-state index contributed by atoms with van der Waals surface area (Å²) >= 11 is 0.931. The van der Waals surface area contributed by atoms with Crippen LogP contribution in [0.25, 0.3) is 10.4 Å². The maximum Gasteiger partial charge on any atom is 0.355 e. The van der Waals surface area contributed by atoms with Crippen LogP contribution >= 0.6 is 11.5 Å². The van der Waals surface area contributed by atoms with Crippen molar-refractivity contribution >= 4 is 23.3 Å². The third kappa shape index (κ3) is 3.29. The van der Waals surface area contributed by atoms with E-state index in [0.717, 1.165) is 11.5 Å². The number of alkyl halides is 2. The van der Waals surface area contributed by atoms with E-state index in [1.807, 2.05) is 0 Å². The number of rotatable bonds is 3. The van der Waals surface area contributed by atoms with Crippen LogP contribution in [0, 0.1) is 5.82 Å². The second kappa shape index (κ2) is 5.80. The van der Waals surface area contributed by atoms with Crippen LogP contribution in [0.2, 0.25) is 0 Å². The number of carboxylic acid groups (broad SMARTS) is 1. The predicted molar refractivity (Wildman–Crippen MR) is 78.7 cm³/mol. The lowest BCUT2D eigenvalue weighted by Gasteiger charge is -2.32. The molecule has 0 aromatic carbocycles. The molecule has 5 nitrogen and oxygen atoms in total. The second-order valence-corrected chi connectivity index (χ2v) is 6.06. The smallest absolute Gasteiger partial charge is 0.355 e. The highest BCUT2D eigenvalue weighted by molar-refractivity contribution is 7.09. The fourth-order valence-corrected chi connectivity index (χ4v) is 3.06. The molecule has 0 unspecified atom stereocenters. The summed E-state index contributed by atoms with van der Waals surface area (Å²) in [6.45, 7) is 0.0833. The standard InChI is InChI=1S/C14H12F3N3O2S/c15-9-5-8(11-6-10(13(21)22)19-23-11)7-18-12(9)20-3-1-14(16,17)2-4-20/h5-7H,1-4H2,(H,21,22). The molecule has 3 heterocycles. The fraction of sp³-hybridized carbons (Fsp3) is 0.357. The largest absolute Gasteiger partial charge is 0.476 e. The first-order valence-corrected chi connectivity index (χ1v) is 7.62. The normalized spacial score (nSPS) is 17.3. The zero-order valence-corrected chi connectivity index (χ0v) is 12.6. The Hall–Kier alpha value is -2.16. The molecule has 0 saturated carbocycles. The maximum atomic E-state index is 14.3. The van der Waals surface area contributed by atoms with Gasteiger partial charge in [-0.05, 0) is 23.7 Å². The van der Waals surface area contributed by atoms with Crippen molar-refractivity contribution in [2.75, 3.05) is 18.0 Å². The minimum atomic E-state index is -2.71. The number of aromatic nitrogens is 2. The van der Waals surface area contributed by atoms with E-state index in [2.05, 4.69) is 9.36 Å². The highest BCUT2D eigenvalue weighted by atomic mass is 32.1. The van der Waals surface area contributed by atoms with Crippen molar-refractivity contribution in [3.05, 3.63) is 29.8 Å². The molecule has 2 aromatic rings. The minimum absolute atomic E-state index is 0.0345. The van der Waals surface area contributed by atoms with Gasteiger partial charge < -0.3 is 10.0 Å². The Morgan fingerprint density at radius 1 is 1.30 bits per heavy atom. The molecule has 23 heavy (non-hydrogen) atoms. The molecule has 1 fully saturated rings. The van der Waals surface area contributed by atoms with Crippen LogP contribution in [0.3, 0.4) is 0 Å². The molecule has 0 bridgehead atoms. The van der Waals surface area contributed by atoms with E-state index in [1.165, 1.54) is 23.2 Å². The van der Waals surface area contributed by atoms with Gasteiger partial charge in [0.05, 0.1) is 4.88 Å². The molecular formula is C14H12F3N3O2S. The van der Waals surface area contributed by atoms with Gasteiger partial charge in [0.2, 0.25) is 0 Å². The molecule has 1 N–H and O–H groups in total. The van der Waals surface area contributed by atoms with Crippen molar-refractivity contribution in [2.24, 2.45) is 0 Å². The number of halogens is 3. The van der Waals surface area contributed by atoms with Crippen LogP contribution in [0.1, 0.15) is 23.3 Å². The van der Waals surface area contributed by atoms with Crippen molar-refractivity contribution < 1.29 is 23.1 Å². The van der Waals surface area contributed by atoms with Crippen molar-refractivity contribution in [1.29, 1.82) is 0 Å². The fourth-order valence-electron chi connectivity index (χ4n) is 2.36. The molecule has 1 saturated heterocycles. The van der Waals surface area contributed by atoms with E-state index >= 15 is 0 Å². The first kappa shape index (κ1) is 15.7. The first-order chi connectivity index (χ1) is 10.9. The van der Waals surface area contributed by atoms with E-state index in [4.69, 9.17) is 5.11 Å². The number of aromatic carboxylic acids is 1. The zero-order chi connectivity index (χ0) is 16.6. The number of nitrogens with zero attached hydrogens (tertiary/aromatic N) is 3. The summed E-state index contributed by atoms with van der Waals surface area (Å²) in [6, 6.07) is 2.55. The summed E-state index contributed by atoms with van der Waals surface area (Å²) in [5.41, 5.74) is 0.284. The highest BCUT2D eigenvalue weighted by Crippen LogP contribution is 2.32. The zero-order valence-electron chi connectivity index (χ0n) is 11.8. The second-order valence-electron chi connectivity index (χ2n) is 5.25. The molecule has 1 aliphatic rings. The Balaban J connectivity index is 1.82. The monoisotopic (exact) mass is 343 g/mol. The van der Waals surface area contributed by atoms with Crippen LogP contribution in [0.15, 0.2) is 18.3 Å². The Morgan fingerprint density at radius 2 is 2.00 bits per heavy atom. The number of carboxylic acids is 1. The van der Waals surface area contributed by atoms with Crippen LogP contribution < -0.4 is 4.90 Å². The Labute approximate surface area is 133 Å². The highest BCUT2D eigenvalue weighted by Gasteiger charge is 2.35. The SMILES string of the molecule is O=C(O)c1cc(-c2cnc(N3CCC(F)(F)CC3)c(F)c2)sn1. The van der Waals surface area contributed by atoms with Crippen LogP contribution in [-0.2, 0) is 0 Å². The van der Waals surface area contributed by atoms with Gasteiger partial charge in [0, 0.05) is 37.7 Å². The summed E-state index contributed by atoms with van der Waals surface area (Å²) in [5, 5.41) is 8.84. The average molecular weight is 343 g/mol. The molecule has 0 radical (unpaired) electrons. The predicted octanol–water partition coefficient (Wildman–Crippen LogP) is 3.28. The van der Waals surface area contributed by atoms with Crippen LogP contribution in [0.4, 0.5) is 19.0 Å². The lowest BCUT2D eigenvalue weighted by molar-refractivity contribution is -0.0222. The molecule has 0 amide bonds. The lowest BCUT2D eigenvalue weighted by atomic mass is 10.1. The summed E-state index contributed by atoms with van der Waals surface area (Å²) in [4.78, 5) is 16.8. The summed E-state index contributed by atoms with van der Waals surface area (Å²) < 4.78 is 44.3. The molecule has 0 atom stereocenters. The van der Waals surface area contributed by atoms with Crippen molar-refractivity contribution in [1.82, 2.24) is 9.36 Å². The van der Waals surface area contributed by atoms with Gasteiger partial charge in [-0.3, -0.25) is 0 Å². The third-order valence-electron chi connectivity index (χ3n) is 3.63. The van der Waals surface area contributed by atoms with Gasteiger partial charge in [0.1, 0.15) is 0 Å². The quantitative estimate of drug-likeness (QED) is 0.926. The van der Waals surface area contributed by atoms with E-state index in [0.29, 0.717) is 10.4 Å². The Morgan fingerprint density at radius 3 is 2.57 bits per heavy atom. The summed E-state index contributed by atoms with van der Waals surface area (Å²) in [6.07, 6.45) is 0.740. The number of hydrogen-bond acceptors (Lipinski definition) is 5. The summed E-state index contributed by atoms with van der Waals surface area (Å²) in [7, 11) is 0. The molecule has 9 heteroatoms. The molecule has 0 aliphatic carbocycles. The van der Waals surface area contributed by atoms with Crippen molar-refractivity contribution in [3.63, 3.8) is 0 Å². The lowest BCUT2D eigenvalue weighted by Crippen LogP contribution is -2.40. The molecular weight excluding hydrogens is 331 g/mol. The average Bonchev–Trinajstić information content (AvgIpc) is 2.98. The van der Waals surface area contributed by atoms with E-state index in [-0.39, 0.29) is 37.4 Å². The van der Waals surface area contributed by atoms with E-state index in [9.17, 15) is 18.0 Å². The van der Waals surface area contributed by atoms with Gasteiger partial charge >= 0.3 is 5.97 Å². The topological polar surface area (TPSA) is 66.3 Å². The van der Waals surface area contributed by atoms with Crippen LogP contribution in [-0.4, -0.2) is 39.4 Å². The van der Waals surface area contributed by atoms with Crippen molar-refractivity contribution in [2.45, 2.75) is 18.8 Å². The van der Waals surface area contributed by atoms with Crippen molar-refractivity contribution in [3.8, 4) is 10.4 Å². The van der Waals surface area contributed by atoms with Gasteiger partial charge in [-0.15, -0.1) is 0 Å². The van der Waals surface area contributed by atoms with Crippen LogP contribution in [0.5, 0.6) is 0 Å². The van der Waals surface area contributed by atoms with Gasteiger partial charge in [-0.2, -0.15) is 4.37 Å². The van der Waals surface area contributed by atoms with Gasteiger partial charge in [-0.25, -0.2) is 22.9 Å². The third-order valence-corrected chi connectivity index (χ3v) is 4.47. The number of carbonyl (C=O) groups is 1. The molecule has 122 valence electrons.